The maximum atomic E-state index is 14.1. The summed E-state index contributed by atoms with van der Waals surface area (Å²) in [5, 5.41) is 1.90. The van der Waals surface area contributed by atoms with Crippen LogP contribution in [0.5, 0.6) is 0 Å². The fraction of sp³-hybridized carbons (Fsp3) is 0.476. The van der Waals surface area contributed by atoms with Gasteiger partial charge in [-0.05, 0) is 56.9 Å². The number of amides is 1. The lowest BCUT2D eigenvalue weighted by Gasteiger charge is -2.30. The summed E-state index contributed by atoms with van der Waals surface area (Å²) in [5.74, 6) is -0.273. The molecule has 26 heavy (non-hydrogen) atoms. The SMILES string of the molecule is CCN(CC)CCCC(C)N(Cc1ccccc1F)C(=O)c1cccs1. The summed E-state index contributed by atoms with van der Waals surface area (Å²) in [6.45, 7) is 9.80. The topological polar surface area (TPSA) is 23.6 Å². The molecule has 0 N–H and O–H groups in total. The Morgan fingerprint density at radius 1 is 1.15 bits per heavy atom. The molecule has 0 radical (unpaired) electrons. The van der Waals surface area contributed by atoms with Crippen molar-refractivity contribution in [1.29, 1.82) is 0 Å². The Balaban J connectivity index is 2.09. The van der Waals surface area contributed by atoms with E-state index in [1.807, 2.05) is 28.5 Å². The van der Waals surface area contributed by atoms with Crippen LogP contribution in [0.15, 0.2) is 41.8 Å². The molecule has 0 saturated carbocycles. The summed E-state index contributed by atoms with van der Waals surface area (Å²) < 4.78 is 14.1. The van der Waals surface area contributed by atoms with Crippen molar-refractivity contribution in [3.8, 4) is 0 Å². The summed E-state index contributed by atoms with van der Waals surface area (Å²) >= 11 is 1.43. The lowest BCUT2D eigenvalue weighted by molar-refractivity contribution is 0.0665. The van der Waals surface area contributed by atoms with E-state index in [-0.39, 0.29) is 17.8 Å². The van der Waals surface area contributed by atoms with Crippen molar-refractivity contribution in [3.05, 3.63) is 58.0 Å². The Hall–Kier alpha value is -1.72. The van der Waals surface area contributed by atoms with Crippen molar-refractivity contribution in [2.24, 2.45) is 0 Å². The van der Waals surface area contributed by atoms with Crippen molar-refractivity contribution in [3.63, 3.8) is 0 Å². The second-order valence-electron chi connectivity index (χ2n) is 6.52. The number of nitrogens with zero attached hydrogens (tertiary/aromatic N) is 2. The molecule has 0 saturated heterocycles. The van der Waals surface area contributed by atoms with Gasteiger partial charge in [-0.25, -0.2) is 4.39 Å². The third-order valence-electron chi connectivity index (χ3n) is 4.81. The normalized spacial score (nSPS) is 12.3. The van der Waals surface area contributed by atoms with E-state index < -0.39 is 0 Å². The first-order valence-corrected chi connectivity index (χ1v) is 10.2. The second-order valence-corrected chi connectivity index (χ2v) is 7.47. The third-order valence-corrected chi connectivity index (χ3v) is 5.67. The van der Waals surface area contributed by atoms with Crippen molar-refractivity contribution in [2.75, 3.05) is 19.6 Å². The zero-order valence-corrected chi connectivity index (χ0v) is 16.8. The molecule has 3 nitrogen and oxygen atoms in total. The Bertz CT molecular complexity index is 670. The van der Waals surface area contributed by atoms with Crippen LogP contribution in [0.3, 0.4) is 0 Å². The fourth-order valence-corrected chi connectivity index (χ4v) is 3.76. The average molecular weight is 377 g/mol. The van der Waals surface area contributed by atoms with Crippen LogP contribution in [0.4, 0.5) is 4.39 Å². The zero-order valence-electron chi connectivity index (χ0n) is 16.0. The molecule has 142 valence electrons. The van der Waals surface area contributed by atoms with Crippen LogP contribution in [0.1, 0.15) is 48.8 Å². The van der Waals surface area contributed by atoms with E-state index in [0.29, 0.717) is 17.0 Å². The highest BCUT2D eigenvalue weighted by Crippen LogP contribution is 2.20. The van der Waals surface area contributed by atoms with E-state index in [4.69, 9.17) is 0 Å². The predicted octanol–water partition coefficient (Wildman–Crippen LogP) is 5.04. The molecule has 2 rings (SSSR count). The van der Waals surface area contributed by atoms with Gasteiger partial charge in [0.25, 0.3) is 5.91 Å². The van der Waals surface area contributed by atoms with Gasteiger partial charge in [0.1, 0.15) is 5.82 Å². The maximum absolute atomic E-state index is 14.1. The molecule has 1 aromatic carbocycles. The van der Waals surface area contributed by atoms with Crippen LogP contribution in [0, 0.1) is 5.82 Å². The van der Waals surface area contributed by atoms with E-state index in [9.17, 15) is 9.18 Å². The Morgan fingerprint density at radius 3 is 2.50 bits per heavy atom. The van der Waals surface area contributed by atoms with Gasteiger partial charge in [0.15, 0.2) is 0 Å². The van der Waals surface area contributed by atoms with Crippen molar-refractivity contribution in [1.82, 2.24) is 9.80 Å². The Kier molecular flexibility index (Phi) is 8.26. The molecule has 0 bridgehead atoms. The van der Waals surface area contributed by atoms with Gasteiger partial charge in [0.05, 0.1) is 4.88 Å². The van der Waals surface area contributed by atoms with Gasteiger partial charge < -0.3 is 9.80 Å². The molecule has 5 heteroatoms. The molecule has 1 atom stereocenters. The zero-order chi connectivity index (χ0) is 18.9. The van der Waals surface area contributed by atoms with Gasteiger partial charge in [-0.1, -0.05) is 38.1 Å². The average Bonchev–Trinajstić information content (AvgIpc) is 3.18. The number of carbonyl (C=O) groups is 1. The van der Waals surface area contributed by atoms with Gasteiger partial charge in [0, 0.05) is 18.2 Å². The van der Waals surface area contributed by atoms with Gasteiger partial charge in [0.2, 0.25) is 0 Å². The largest absolute Gasteiger partial charge is 0.331 e. The molecule has 0 aliphatic rings. The highest BCUT2D eigenvalue weighted by Gasteiger charge is 2.23. The summed E-state index contributed by atoms with van der Waals surface area (Å²) in [6, 6.07) is 10.5. The van der Waals surface area contributed by atoms with Gasteiger partial charge in [-0.2, -0.15) is 0 Å². The Morgan fingerprint density at radius 2 is 1.88 bits per heavy atom. The van der Waals surface area contributed by atoms with Crippen LogP contribution in [-0.4, -0.2) is 41.4 Å². The molecule has 1 unspecified atom stereocenters. The highest BCUT2D eigenvalue weighted by atomic mass is 32.1. The minimum Gasteiger partial charge on any atom is -0.331 e. The van der Waals surface area contributed by atoms with Crippen LogP contribution in [-0.2, 0) is 6.54 Å². The number of thiophene rings is 1. The smallest absolute Gasteiger partial charge is 0.264 e. The van der Waals surface area contributed by atoms with Gasteiger partial charge in [-0.3, -0.25) is 4.79 Å². The van der Waals surface area contributed by atoms with E-state index in [1.54, 1.807) is 12.1 Å². The molecule has 1 amide bonds. The van der Waals surface area contributed by atoms with E-state index in [2.05, 4.69) is 25.7 Å². The lowest BCUT2D eigenvalue weighted by atomic mass is 10.1. The number of benzene rings is 1. The van der Waals surface area contributed by atoms with Crippen LogP contribution < -0.4 is 0 Å². The molecule has 0 aliphatic carbocycles. The molecular weight excluding hydrogens is 347 g/mol. The minimum absolute atomic E-state index is 0.0152. The van der Waals surface area contributed by atoms with Crippen molar-refractivity contribution < 1.29 is 9.18 Å². The standard InChI is InChI=1S/C21H29FN2OS/c1-4-23(5-2)14-8-10-17(3)24(21(25)20-13-9-15-26-20)16-18-11-6-7-12-19(18)22/h6-7,9,11-13,15,17H,4-5,8,10,14,16H2,1-3H3. The van der Waals surface area contributed by atoms with Crippen molar-refractivity contribution in [2.45, 2.75) is 46.2 Å². The quantitative estimate of drug-likeness (QED) is 0.580. The van der Waals surface area contributed by atoms with Gasteiger partial charge in [-0.15, -0.1) is 11.3 Å². The number of hydrogen-bond donors (Lipinski definition) is 0. The molecule has 1 aromatic heterocycles. The van der Waals surface area contributed by atoms with Crippen LogP contribution in [0.25, 0.3) is 0 Å². The van der Waals surface area contributed by atoms with E-state index in [0.717, 1.165) is 32.5 Å². The first-order chi connectivity index (χ1) is 12.6. The maximum Gasteiger partial charge on any atom is 0.264 e. The first-order valence-electron chi connectivity index (χ1n) is 9.37. The molecule has 0 spiro atoms. The highest BCUT2D eigenvalue weighted by molar-refractivity contribution is 7.12. The number of hydrogen-bond acceptors (Lipinski definition) is 3. The van der Waals surface area contributed by atoms with Crippen molar-refractivity contribution >= 4 is 17.2 Å². The van der Waals surface area contributed by atoms with Crippen LogP contribution >= 0.6 is 11.3 Å². The van der Waals surface area contributed by atoms with E-state index in [1.165, 1.54) is 17.4 Å². The summed E-state index contributed by atoms with van der Waals surface area (Å²) in [5.41, 5.74) is 0.563. The molecule has 0 aliphatic heterocycles. The molecule has 2 aromatic rings. The number of rotatable bonds is 10. The first kappa shape index (κ1) is 20.6. The summed E-state index contributed by atoms with van der Waals surface area (Å²) in [7, 11) is 0. The molecule has 1 heterocycles. The van der Waals surface area contributed by atoms with Crippen LogP contribution in [0.2, 0.25) is 0 Å². The number of carbonyl (C=O) groups excluding carboxylic acids is 1. The minimum atomic E-state index is -0.258. The third kappa shape index (κ3) is 5.64. The van der Waals surface area contributed by atoms with Gasteiger partial charge >= 0.3 is 0 Å². The second kappa shape index (κ2) is 10.4. The summed E-state index contributed by atoms with van der Waals surface area (Å²) in [6.07, 6.45) is 1.93. The monoisotopic (exact) mass is 376 g/mol. The summed E-state index contributed by atoms with van der Waals surface area (Å²) in [4.78, 5) is 17.9. The fourth-order valence-electron chi connectivity index (χ4n) is 3.09. The van der Waals surface area contributed by atoms with E-state index >= 15 is 0 Å². The molecular formula is C21H29FN2OS. The lowest BCUT2D eigenvalue weighted by Crippen LogP contribution is -2.38. The number of halogens is 1. The Labute approximate surface area is 160 Å². The predicted molar refractivity (Wildman–Crippen MR) is 107 cm³/mol. The molecule has 0 fully saturated rings.